The Labute approximate surface area is 356 Å². The second-order valence-electron chi connectivity index (χ2n) is 18.3. The Morgan fingerprint density at radius 2 is 1.30 bits per heavy atom. The molecule has 2 aromatic heterocycles. The summed E-state index contributed by atoms with van der Waals surface area (Å²) in [6, 6.07) is 8.51. The predicted octanol–water partition coefficient (Wildman–Crippen LogP) is 7.70. The number of methoxy groups -OCH3 is 2. The largest absolute Gasteiger partial charge is 0.453 e. The lowest BCUT2D eigenvalue weighted by molar-refractivity contribution is -0.135. The van der Waals surface area contributed by atoms with Gasteiger partial charge in [-0.3, -0.25) is 9.59 Å². The lowest BCUT2D eigenvalue weighted by Crippen LogP contribution is -2.51. The third kappa shape index (κ3) is 7.92. The Bertz CT molecular complexity index is 2440. The van der Waals surface area contributed by atoms with Crippen molar-refractivity contribution < 1.29 is 28.7 Å². The number of H-pyrrole nitrogens is 2. The van der Waals surface area contributed by atoms with Gasteiger partial charge < -0.3 is 39.9 Å². The van der Waals surface area contributed by atoms with E-state index in [1.807, 2.05) is 47.7 Å². The van der Waals surface area contributed by atoms with E-state index in [-0.39, 0.29) is 29.1 Å². The molecule has 4 amide bonds. The molecule has 14 nitrogen and oxygen atoms in total. The average Bonchev–Trinajstić information content (AvgIpc) is 4.10. The van der Waals surface area contributed by atoms with E-state index in [0.29, 0.717) is 24.7 Å². The number of nitrogens with zero attached hydrogens (tertiary/aromatic N) is 4. The first kappa shape index (κ1) is 41.8. The Balaban J connectivity index is 1.10. The molecule has 0 saturated heterocycles. The molecule has 2 aliphatic carbocycles. The summed E-state index contributed by atoms with van der Waals surface area (Å²) < 4.78 is 9.65. The number of aromatic amines is 2. The number of benzene rings is 2. The van der Waals surface area contributed by atoms with E-state index >= 15 is 0 Å². The molecule has 1 saturated carbocycles. The van der Waals surface area contributed by atoms with Crippen LogP contribution in [0.4, 0.5) is 9.59 Å². The number of aromatic nitrogens is 4. The third-order valence-electron chi connectivity index (χ3n) is 13.2. The van der Waals surface area contributed by atoms with Crippen LogP contribution in [-0.4, -0.2) is 93.1 Å². The van der Waals surface area contributed by atoms with Crippen LogP contribution in [0.2, 0.25) is 0 Å². The zero-order chi connectivity index (χ0) is 43.3. The van der Waals surface area contributed by atoms with Crippen LogP contribution in [0.15, 0.2) is 59.8 Å². The van der Waals surface area contributed by atoms with Gasteiger partial charge in [0.2, 0.25) is 11.8 Å². The van der Waals surface area contributed by atoms with Gasteiger partial charge in [0.1, 0.15) is 35.8 Å². The minimum Gasteiger partial charge on any atom is -0.453 e. The molecule has 8 rings (SSSR count). The van der Waals surface area contributed by atoms with Gasteiger partial charge in [0, 0.05) is 18.7 Å². The summed E-state index contributed by atoms with van der Waals surface area (Å²) in [4.78, 5) is 72.8. The lowest BCUT2D eigenvalue weighted by Gasteiger charge is -2.30. The first-order valence-corrected chi connectivity index (χ1v) is 21.5. The molecule has 4 atom stereocenters. The minimum atomic E-state index is -0.742. The number of carbonyl (C=O) groups is 4. The molecule has 4 heterocycles. The first-order chi connectivity index (χ1) is 29.2. The molecule has 14 heteroatoms. The molecule has 2 unspecified atom stereocenters. The van der Waals surface area contributed by atoms with Gasteiger partial charge in [-0.1, -0.05) is 82.0 Å². The van der Waals surface area contributed by atoms with Crippen molar-refractivity contribution in [3.63, 3.8) is 0 Å². The van der Waals surface area contributed by atoms with Crippen LogP contribution in [0.5, 0.6) is 0 Å². The Morgan fingerprint density at radius 3 is 1.85 bits per heavy atom. The number of imidazole rings is 2. The molecule has 2 aromatic carbocycles. The zero-order valence-electron chi connectivity index (χ0n) is 36.5. The van der Waals surface area contributed by atoms with Crippen molar-refractivity contribution in [1.82, 2.24) is 40.4 Å². The van der Waals surface area contributed by atoms with E-state index in [1.165, 1.54) is 56.6 Å². The Morgan fingerprint density at radius 1 is 0.754 bits per heavy atom. The average molecular weight is 831 g/mol. The van der Waals surface area contributed by atoms with Crippen LogP contribution in [0.1, 0.15) is 102 Å². The number of rotatable bonds is 10. The van der Waals surface area contributed by atoms with Gasteiger partial charge in [-0.2, -0.15) is 0 Å². The number of alkyl carbamates (subject to hydrolysis) is 2. The smallest absolute Gasteiger partial charge is 0.407 e. The van der Waals surface area contributed by atoms with Crippen molar-refractivity contribution in [3.8, 4) is 22.4 Å². The summed E-state index contributed by atoms with van der Waals surface area (Å²) in [6.07, 6.45) is 11.6. The molecule has 322 valence electrons. The molecule has 1 spiro atoms. The summed E-state index contributed by atoms with van der Waals surface area (Å²) in [5.74, 6) is 0.698. The van der Waals surface area contributed by atoms with Gasteiger partial charge in [-0.15, -0.1) is 0 Å². The fourth-order valence-electron chi connectivity index (χ4n) is 10.1. The maximum absolute atomic E-state index is 13.9. The fourth-order valence-corrected chi connectivity index (χ4v) is 10.1. The van der Waals surface area contributed by atoms with E-state index in [1.54, 1.807) is 9.80 Å². The van der Waals surface area contributed by atoms with Gasteiger partial charge in [-0.05, 0) is 91.2 Å². The van der Waals surface area contributed by atoms with E-state index in [0.717, 1.165) is 51.8 Å². The number of nitrogens with one attached hydrogen (secondary N) is 4. The van der Waals surface area contributed by atoms with Crippen LogP contribution in [0.25, 0.3) is 33.4 Å². The summed E-state index contributed by atoms with van der Waals surface area (Å²) in [5.41, 5.74) is 11.1. The maximum Gasteiger partial charge on any atom is 0.407 e. The predicted molar refractivity (Wildman–Crippen MR) is 232 cm³/mol. The monoisotopic (exact) mass is 830 g/mol. The highest BCUT2D eigenvalue weighted by Gasteiger charge is 2.43. The number of carbonyl (C=O) groups excluding carboxylic acids is 4. The molecule has 4 aliphatic rings. The topological polar surface area (TPSA) is 175 Å². The minimum absolute atomic E-state index is 0.143. The summed E-state index contributed by atoms with van der Waals surface area (Å²) in [6.45, 7) is 12.5. The van der Waals surface area contributed by atoms with E-state index in [4.69, 9.17) is 19.4 Å². The third-order valence-corrected chi connectivity index (χ3v) is 13.2. The number of hydrogen-bond acceptors (Lipinski definition) is 8. The van der Waals surface area contributed by atoms with E-state index in [9.17, 15) is 19.2 Å². The highest BCUT2D eigenvalue weighted by Crippen LogP contribution is 2.53. The summed E-state index contributed by atoms with van der Waals surface area (Å²) >= 11 is 0. The quantitative estimate of drug-likeness (QED) is 0.118. The second-order valence-corrected chi connectivity index (χ2v) is 18.3. The summed E-state index contributed by atoms with van der Waals surface area (Å²) in [7, 11) is 2.59. The highest BCUT2D eigenvalue weighted by molar-refractivity contribution is 5.89. The van der Waals surface area contributed by atoms with Gasteiger partial charge >= 0.3 is 12.2 Å². The van der Waals surface area contributed by atoms with Crippen LogP contribution >= 0.6 is 0 Å². The Kier molecular flexibility index (Phi) is 11.3. The van der Waals surface area contributed by atoms with E-state index in [2.05, 4.69) is 63.1 Å². The van der Waals surface area contributed by atoms with Crippen LogP contribution < -0.4 is 10.6 Å². The van der Waals surface area contributed by atoms with Gasteiger partial charge in [-0.25, -0.2) is 19.6 Å². The van der Waals surface area contributed by atoms with Gasteiger partial charge in [0.05, 0.1) is 37.1 Å². The molecule has 0 bridgehead atoms. The van der Waals surface area contributed by atoms with Crippen molar-refractivity contribution >= 4 is 35.0 Å². The van der Waals surface area contributed by atoms with Crippen molar-refractivity contribution in [2.24, 2.45) is 17.3 Å². The van der Waals surface area contributed by atoms with Gasteiger partial charge in [0.25, 0.3) is 0 Å². The van der Waals surface area contributed by atoms with Crippen molar-refractivity contribution in [3.05, 3.63) is 82.6 Å². The number of fused-ring (bicyclic) bond motifs is 2. The molecule has 4 N–H and O–H groups in total. The second kappa shape index (κ2) is 16.5. The van der Waals surface area contributed by atoms with E-state index < -0.39 is 36.4 Å². The van der Waals surface area contributed by atoms with Crippen molar-refractivity contribution in [1.29, 1.82) is 0 Å². The molecule has 1 fully saturated rings. The van der Waals surface area contributed by atoms with Crippen LogP contribution in [0.3, 0.4) is 0 Å². The molecular weight excluding hydrogens is 773 g/mol. The van der Waals surface area contributed by atoms with Gasteiger partial charge in [0.15, 0.2) is 0 Å². The van der Waals surface area contributed by atoms with Crippen LogP contribution in [-0.2, 0) is 31.9 Å². The first-order valence-electron chi connectivity index (χ1n) is 21.5. The van der Waals surface area contributed by atoms with Crippen LogP contribution in [0, 0.1) is 17.3 Å². The summed E-state index contributed by atoms with van der Waals surface area (Å²) in [5, 5.41) is 5.46. The molecule has 4 aromatic rings. The standard InChI is InChI=1S/C47H58N8O6/c1-25(2)39(52-45(58)60-7)43(56)54-23-27(5)17-37(54)41-48-22-36(51-41)31-13-12-30(32-20-47(21-33(31)32)15-9-10-16-47)29-11-14-34-35(19-29)50-42(49-34)38-18-28(6)24-55(38)44(57)40(26(3)4)53-46(59)61-8/h11-14,17-19,22,25-26,37-40H,9-10,15-16,20-21,23-24H2,1-8H3,(H,48,51)(H,49,50)(H,52,58)(H,53,59)/t37?,38?,39-,40+/m1/s1. The van der Waals surface area contributed by atoms with Crippen molar-refractivity contribution in [2.75, 3.05) is 27.3 Å². The Hall–Kier alpha value is -5.92. The lowest BCUT2D eigenvalue weighted by atomic mass is 9.83. The molecule has 61 heavy (non-hydrogen) atoms. The number of hydrogen-bond donors (Lipinski definition) is 4. The zero-order valence-corrected chi connectivity index (χ0v) is 36.5. The highest BCUT2D eigenvalue weighted by atomic mass is 16.5. The molecular formula is C47H58N8O6. The van der Waals surface area contributed by atoms with Crippen molar-refractivity contribution in [2.45, 2.75) is 104 Å². The normalized spacial score (nSPS) is 20.3. The molecule has 2 aliphatic heterocycles. The fraction of sp³-hybridized carbons (Fsp3) is 0.489. The SMILES string of the molecule is COC(=O)N[C@H](C(=O)N1CC(C)=CC1c1nc2ccc(-c3ccc(-c4cnc(C5C=C(C)CN5C(=O)[C@H](NC(=O)OC)C(C)C)[nH]4)c4c3CC3(CCCC3)C4)cc2[nH]1)C(C)C. The number of ether oxygens (including phenoxy) is 2. The molecule has 0 radical (unpaired) electrons. The number of amides is 4. The maximum atomic E-state index is 13.9.